The van der Waals surface area contributed by atoms with Gasteiger partial charge in [0, 0.05) is 23.2 Å². The maximum Gasteiger partial charge on any atom is 0.270 e. The van der Waals surface area contributed by atoms with Crippen LogP contribution in [0.3, 0.4) is 0 Å². The summed E-state index contributed by atoms with van der Waals surface area (Å²) in [5.41, 5.74) is 5.73. The molecular formula is C10H13BrN2O4S. The number of benzene rings is 1. The van der Waals surface area contributed by atoms with Crippen LogP contribution in [0, 0.1) is 10.1 Å². The lowest BCUT2D eigenvalue weighted by Crippen LogP contribution is -2.27. The summed E-state index contributed by atoms with van der Waals surface area (Å²) in [6.45, 7) is 1.58. The molecule has 0 saturated carbocycles. The number of halogens is 1. The van der Waals surface area contributed by atoms with Gasteiger partial charge in [-0.15, -0.1) is 0 Å². The summed E-state index contributed by atoms with van der Waals surface area (Å²) >= 11 is 3.14. The van der Waals surface area contributed by atoms with Gasteiger partial charge in [-0.3, -0.25) is 10.1 Å². The van der Waals surface area contributed by atoms with Crippen molar-refractivity contribution in [3.8, 4) is 0 Å². The number of nitro groups is 1. The first-order chi connectivity index (χ1) is 8.27. The van der Waals surface area contributed by atoms with Crippen molar-refractivity contribution in [1.29, 1.82) is 0 Å². The standard InChI is InChI=1S/C10H13BrN2O4S/c1-7(5-12)18(16,17)6-8-2-3-9(13(14)15)4-10(8)11/h2-4,7H,5-6,12H2,1H3. The van der Waals surface area contributed by atoms with Gasteiger partial charge in [-0.1, -0.05) is 22.0 Å². The average molecular weight is 337 g/mol. The number of non-ortho nitro benzene ring substituents is 1. The van der Waals surface area contributed by atoms with Gasteiger partial charge in [0.05, 0.1) is 15.9 Å². The highest BCUT2D eigenvalue weighted by molar-refractivity contribution is 9.10. The van der Waals surface area contributed by atoms with Gasteiger partial charge in [-0.25, -0.2) is 8.42 Å². The molecular weight excluding hydrogens is 324 g/mol. The first-order valence-electron chi connectivity index (χ1n) is 5.12. The predicted octanol–water partition coefficient (Wildman–Crippen LogP) is 1.62. The van der Waals surface area contributed by atoms with Crippen LogP contribution in [0.2, 0.25) is 0 Å². The summed E-state index contributed by atoms with van der Waals surface area (Å²) in [5, 5.41) is 9.91. The lowest BCUT2D eigenvalue weighted by molar-refractivity contribution is -0.384. The molecule has 0 aliphatic heterocycles. The van der Waals surface area contributed by atoms with Crippen molar-refractivity contribution in [1.82, 2.24) is 0 Å². The van der Waals surface area contributed by atoms with E-state index in [0.29, 0.717) is 10.0 Å². The molecule has 8 heteroatoms. The summed E-state index contributed by atoms with van der Waals surface area (Å²) in [4.78, 5) is 10.0. The van der Waals surface area contributed by atoms with E-state index >= 15 is 0 Å². The molecule has 0 bridgehead atoms. The second-order valence-electron chi connectivity index (χ2n) is 3.89. The van der Waals surface area contributed by atoms with Crippen LogP contribution >= 0.6 is 15.9 Å². The van der Waals surface area contributed by atoms with Gasteiger partial charge in [-0.2, -0.15) is 0 Å². The zero-order valence-electron chi connectivity index (χ0n) is 9.67. The summed E-state index contributed by atoms with van der Waals surface area (Å²) in [6.07, 6.45) is 0. The summed E-state index contributed by atoms with van der Waals surface area (Å²) in [5.74, 6) is -0.191. The Kier molecular flexibility index (Phi) is 4.83. The second-order valence-corrected chi connectivity index (χ2v) is 7.16. The molecule has 0 amide bonds. The molecule has 0 saturated heterocycles. The zero-order chi connectivity index (χ0) is 13.9. The zero-order valence-corrected chi connectivity index (χ0v) is 12.1. The van der Waals surface area contributed by atoms with E-state index in [1.54, 1.807) is 0 Å². The van der Waals surface area contributed by atoms with Crippen molar-refractivity contribution < 1.29 is 13.3 Å². The van der Waals surface area contributed by atoms with Crippen molar-refractivity contribution >= 4 is 31.5 Å². The Bertz CT molecular complexity index is 559. The highest BCUT2D eigenvalue weighted by Crippen LogP contribution is 2.25. The van der Waals surface area contributed by atoms with Gasteiger partial charge in [0.1, 0.15) is 0 Å². The third kappa shape index (κ3) is 3.50. The molecule has 1 unspecified atom stereocenters. The number of nitrogens with two attached hydrogens (primary N) is 1. The van der Waals surface area contributed by atoms with Crippen LogP contribution in [0.1, 0.15) is 12.5 Å². The summed E-state index contributed by atoms with van der Waals surface area (Å²) < 4.78 is 24.1. The van der Waals surface area contributed by atoms with Crippen LogP contribution in [0.25, 0.3) is 0 Å². The monoisotopic (exact) mass is 336 g/mol. The maximum absolute atomic E-state index is 11.9. The van der Waals surface area contributed by atoms with Crippen LogP contribution in [0.4, 0.5) is 5.69 Å². The molecule has 18 heavy (non-hydrogen) atoms. The Labute approximate surface area is 113 Å². The third-order valence-electron chi connectivity index (χ3n) is 2.55. The van der Waals surface area contributed by atoms with E-state index in [2.05, 4.69) is 15.9 Å². The first-order valence-corrected chi connectivity index (χ1v) is 7.63. The van der Waals surface area contributed by atoms with Crippen molar-refractivity contribution in [3.63, 3.8) is 0 Å². The Morgan fingerprint density at radius 1 is 1.50 bits per heavy atom. The molecule has 1 aromatic carbocycles. The average Bonchev–Trinajstić information content (AvgIpc) is 2.30. The molecule has 0 fully saturated rings. The van der Waals surface area contributed by atoms with Gasteiger partial charge >= 0.3 is 0 Å². The van der Waals surface area contributed by atoms with Gasteiger partial charge < -0.3 is 5.73 Å². The number of nitrogens with zero attached hydrogens (tertiary/aromatic N) is 1. The first kappa shape index (κ1) is 15.1. The van der Waals surface area contributed by atoms with E-state index in [0.717, 1.165) is 0 Å². The Morgan fingerprint density at radius 3 is 2.56 bits per heavy atom. The minimum atomic E-state index is -3.34. The van der Waals surface area contributed by atoms with E-state index in [1.807, 2.05) is 0 Å². The largest absolute Gasteiger partial charge is 0.329 e. The van der Waals surface area contributed by atoms with Crippen molar-refractivity contribution in [2.75, 3.05) is 6.54 Å². The summed E-state index contributed by atoms with van der Waals surface area (Å²) in [6, 6.07) is 4.00. The number of sulfone groups is 1. The van der Waals surface area contributed by atoms with E-state index in [4.69, 9.17) is 5.73 Å². The smallest absolute Gasteiger partial charge is 0.270 e. The molecule has 1 rings (SSSR count). The fourth-order valence-electron chi connectivity index (χ4n) is 1.27. The molecule has 100 valence electrons. The minimum absolute atomic E-state index is 0.0485. The van der Waals surface area contributed by atoms with Crippen LogP contribution in [-0.2, 0) is 15.6 Å². The fourth-order valence-corrected chi connectivity index (χ4v) is 3.23. The normalized spacial score (nSPS) is 13.3. The molecule has 0 aliphatic rings. The van der Waals surface area contributed by atoms with Crippen LogP contribution in [-0.4, -0.2) is 25.1 Å². The van der Waals surface area contributed by atoms with Gasteiger partial charge in [0.25, 0.3) is 5.69 Å². The molecule has 0 heterocycles. The second kappa shape index (κ2) is 5.77. The van der Waals surface area contributed by atoms with E-state index in [9.17, 15) is 18.5 Å². The molecule has 0 radical (unpaired) electrons. The molecule has 2 N–H and O–H groups in total. The number of hydrogen-bond donors (Lipinski definition) is 1. The summed E-state index contributed by atoms with van der Waals surface area (Å²) in [7, 11) is -3.34. The van der Waals surface area contributed by atoms with Crippen molar-refractivity contribution in [2.45, 2.75) is 17.9 Å². The maximum atomic E-state index is 11.9. The lowest BCUT2D eigenvalue weighted by Gasteiger charge is -2.11. The van der Waals surface area contributed by atoms with Crippen LogP contribution in [0.5, 0.6) is 0 Å². The lowest BCUT2D eigenvalue weighted by atomic mass is 10.2. The molecule has 0 aromatic heterocycles. The highest BCUT2D eigenvalue weighted by Gasteiger charge is 2.21. The highest BCUT2D eigenvalue weighted by atomic mass is 79.9. The molecule has 6 nitrogen and oxygen atoms in total. The SMILES string of the molecule is CC(CN)S(=O)(=O)Cc1ccc([N+](=O)[O-])cc1Br. The Morgan fingerprint density at radius 2 is 2.11 bits per heavy atom. The number of rotatable bonds is 5. The van der Waals surface area contributed by atoms with E-state index in [1.165, 1.54) is 25.1 Å². The third-order valence-corrected chi connectivity index (χ3v) is 5.42. The molecule has 1 aromatic rings. The molecule has 1 atom stereocenters. The number of hydrogen-bond acceptors (Lipinski definition) is 5. The quantitative estimate of drug-likeness (QED) is 0.649. The Hall–Kier alpha value is -0.990. The van der Waals surface area contributed by atoms with Crippen molar-refractivity contribution in [3.05, 3.63) is 38.3 Å². The topological polar surface area (TPSA) is 103 Å². The van der Waals surface area contributed by atoms with Crippen molar-refractivity contribution in [2.24, 2.45) is 5.73 Å². The van der Waals surface area contributed by atoms with E-state index < -0.39 is 20.0 Å². The van der Waals surface area contributed by atoms with Crippen LogP contribution < -0.4 is 5.73 Å². The van der Waals surface area contributed by atoms with Gasteiger partial charge in [-0.05, 0) is 12.5 Å². The molecule has 0 spiro atoms. The van der Waals surface area contributed by atoms with Gasteiger partial charge in [0.2, 0.25) is 0 Å². The Balaban J connectivity index is 3.03. The van der Waals surface area contributed by atoms with E-state index in [-0.39, 0.29) is 18.0 Å². The fraction of sp³-hybridized carbons (Fsp3) is 0.400. The van der Waals surface area contributed by atoms with Gasteiger partial charge in [0.15, 0.2) is 9.84 Å². The van der Waals surface area contributed by atoms with Crippen LogP contribution in [0.15, 0.2) is 22.7 Å². The molecule has 0 aliphatic carbocycles. The number of nitro benzene ring substituents is 1. The predicted molar refractivity (Wildman–Crippen MR) is 71.9 cm³/mol. The minimum Gasteiger partial charge on any atom is -0.329 e.